The molecule has 90 heavy (non-hydrogen) atoms. The fraction of sp³-hybridized carbons (Fsp3) is 0.0758. The van der Waals surface area contributed by atoms with E-state index in [2.05, 4.69) is 47.5 Å². The minimum atomic E-state index is -3.76. The van der Waals surface area contributed by atoms with Crippen LogP contribution in [0.4, 0.5) is 0 Å². The summed E-state index contributed by atoms with van der Waals surface area (Å²) in [5, 5.41) is 28.9. The zero-order valence-corrected chi connectivity index (χ0v) is 53.1. The van der Waals surface area contributed by atoms with Gasteiger partial charge >= 0.3 is 5.76 Å². The Morgan fingerprint density at radius 1 is 0.389 bits per heavy atom. The molecule has 0 radical (unpaired) electrons. The molecule has 0 aliphatic rings. The molecule has 8 N–H and O–H groups in total. The summed E-state index contributed by atoms with van der Waals surface area (Å²) in [5.74, 6) is 0.156. The number of benzene rings is 8. The summed E-state index contributed by atoms with van der Waals surface area (Å²) in [4.78, 5) is 14.6. The first-order chi connectivity index (χ1) is 42.6. The van der Waals surface area contributed by atoms with E-state index in [1.54, 1.807) is 70.7 Å². The highest BCUT2D eigenvalue weighted by molar-refractivity contribution is 7.90. The molecule has 19 nitrogen and oxygen atoms in total. The molecule has 24 heteroatoms. The molecule has 0 spiro atoms. The zero-order valence-electron chi connectivity index (χ0n) is 49.0. The van der Waals surface area contributed by atoms with E-state index in [4.69, 9.17) is 29.5 Å². The lowest BCUT2D eigenvalue weighted by atomic mass is 9.99. The normalized spacial score (nSPS) is 11.6. The first kappa shape index (κ1) is 65.0. The van der Waals surface area contributed by atoms with Gasteiger partial charge in [0.15, 0.2) is 0 Å². The van der Waals surface area contributed by atoms with E-state index in [0.717, 1.165) is 60.9 Å². The number of hydrogen-bond acceptors (Lipinski definition) is 14. The van der Waals surface area contributed by atoms with Gasteiger partial charge in [-0.25, -0.2) is 68.3 Å². The van der Waals surface area contributed by atoms with E-state index in [9.17, 15) is 38.5 Å². The Balaban J connectivity index is 0.000000142. The second-order valence-electron chi connectivity index (χ2n) is 20.7. The van der Waals surface area contributed by atoms with Gasteiger partial charge in [0, 0.05) is 26.4 Å². The van der Waals surface area contributed by atoms with Crippen LogP contribution >= 0.6 is 11.3 Å². The number of primary sulfonamides is 4. The molecular weight excluding hydrogens is 1240 g/mol. The first-order valence-electron chi connectivity index (χ1n) is 27.2. The van der Waals surface area contributed by atoms with Gasteiger partial charge in [0.05, 0.1) is 54.1 Å². The van der Waals surface area contributed by atoms with Gasteiger partial charge in [-0.2, -0.15) is 5.10 Å². The summed E-state index contributed by atoms with van der Waals surface area (Å²) in [5.41, 5.74) is 14.7. The van der Waals surface area contributed by atoms with Crippen molar-refractivity contribution in [3.05, 3.63) is 263 Å². The van der Waals surface area contributed by atoms with Crippen LogP contribution in [0, 0.1) is 34.6 Å². The maximum atomic E-state index is 12.0. The van der Waals surface area contributed by atoms with E-state index in [-0.39, 0.29) is 19.6 Å². The number of nitrogens with zero attached hydrogens (tertiary/aromatic N) is 4. The van der Waals surface area contributed by atoms with E-state index in [1.807, 2.05) is 113 Å². The van der Waals surface area contributed by atoms with Crippen LogP contribution in [0.5, 0.6) is 0 Å². The van der Waals surface area contributed by atoms with Crippen LogP contribution in [0.25, 0.3) is 77.2 Å². The van der Waals surface area contributed by atoms with E-state index in [0.29, 0.717) is 22.7 Å². The maximum absolute atomic E-state index is 12.0. The van der Waals surface area contributed by atoms with Crippen LogP contribution in [0.15, 0.2) is 258 Å². The predicted octanol–water partition coefficient (Wildman–Crippen LogP) is 11.9. The van der Waals surface area contributed by atoms with Crippen molar-refractivity contribution in [2.24, 2.45) is 20.6 Å². The molecule has 0 aliphatic carbocycles. The number of thiophene rings is 1. The van der Waals surface area contributed by atoms with Crippen molar-refractivity contribution in [2.75, 3.05) is 0 Å². The molecule has 0 fully saturated rings. The fourth-order valence-electron chi connectivity index (χ4n) is 9.10. The summed E-state index contributed by atoms with van der Waals surface area (Å²) in [6.07, 6.45) is 3.05. The monoisotopic (exact) mass is 1300 g/mol. The van der Waals surface area contributed by atoms with Crippen molar-refractivity contribution in [1.29, 1.82) is 0 Å². The van der Waals surface area contributed by atoms with Gasteiger partial charge in [0.2, 0.25) is 40.1 Å². The van der Waals surface area contributed by atoms with Gasteiger partial charge in [-0.3, -0.25) is 0 Å². The van der Waals surface area contributed by atoms with Gasteiger partial charge in [0.25, 0.3) is 0 Å². The molecule has 0 aliphatic heterocycles. The number of hydrogen-bond donors (Lipinski definition) is 4. The number of aromatic nitrogens is 4. The van der Waals surface area contributed by atoms with E-state index < -0.39 is 45.8 Å². The summed E-state index contributed by atoms with van der Waals surface area (Å²) < 4.78 is 104. The SMILES string of the molecule is Cc1ccc(-c2ccc(-c3ccc(S(N)(=O)=O)cc3)s2)cc1.Cc1ccc(-c2ccnn2-c2ccc(S(N)(=O)=O)cc2)cc1.Cc1ccc(-c2noc(C)c2-c2ccc(S(N)(=O)=O)cc2)cc1.Cc1ccc(-n2c(-c3ccc(S(N)(=O)=O)cc3)coc2=O)cc1. The molecule has 0 atom stereocenters. The lowest BCUT2D eigenvalue weighted by molar-refractivity contribution is 0.400. The largest absolute Gasteiger partial charge is 0.424 e. The Bertz CT molecular complexity index is 5010. The third-order valence-corrected chi connectivity index (χ3v) is 18.8. The number of rotatable bonds is 12. The van der Waals surface area contributed by atoms with Gasteiger partial charge in [-0.15, -0.1) is 11.3 Å². The third kappa shape index (κ3) is 16.0. The Labute approximate surface area is 525 Å². The van der Waals surface area contributed by atoms with Crippen LogP contribution in [0.1, 0.15) is 28.0 Å². The second kappa shape index (κ2) is 27.1. The molecule has 12 rings (SSSR count). The molecule has 4 aromatic heterocycles. The fourth-order valence-corrected chi connectivity index (χ4v) is 12.2. The predicted molar refractivity (Wildman–Crippen MR) is 350 cm³/mol. The summed E-state index contributed by atoms with van der Waals surface area (Å²) in [7, 11) is -14.8. The number of aryl methyl sites for hydroxylation is 5. The molecule has 4 heterocycles. The van der Waals surface area contributed by atoms with Crippen LogP contribution in [0.3, 0.4) is 0 Å². The molecule has 12 aromatic rings. The quantitative estimate of drug-likeness (QED) is 0.0885. The lowest BCUT2D eigenvalue weighted by Crippen LogP contribution is -2.13. The van der Waals surface area contributed by atoms with Crippen molar-refractivity contribution in [2.45, 2.75) is 54.2 Å². The van der Waals surface area contributed by atoms with Crippen molar-refractivity contribution < 1.29 is 42.6 Å². The standard InChI is InChI=1S/C17H16N2O3S.C17H15NO2S2.C16H15N3O2S.C16H14N2O4S/c1-11-3-5-14(6-4-11)17-16(12(2)22-19-17)13-7-9-15(10-8-13)23(18,20)21;1-12-2-4-13(5-3-12)16-10-11-17(21-16)14-6-8-15(9-7-14)22(18,19)20;1-12-2-4-13(5-3-12)16-10-11-18-19(16)14-6-8-15(9-7-14)22(17,20)21;1-11-2-6-13(7-3-11)18-15(10-22-16(18)19)12-4-8-14(9-5-12)23(17,20)21/h3-10H,1-2H3,(H2,18,20,21);2-11H,1H3,(H2,18,19,20);2-11H,1H3,(H2,17,20,21);2-10H,1H3,(H2,17,20,21). The van der Waals surface area contributed by atoms with Gasteiger partial charge in [0.1, 0.15) is 17.7 Å². The topological polar surface area (TPSA) is 320 Å². The number of nitrogens with two attached hydrogens (primary N) is 4. The highest BCUT2D eigenvalue weighted by Crippen LogP contribution is 2.37. The van der Waals surface area contributed by atoms with Crippen LogP contribution in [-0.2, 0) is 40.1 Å². The zero-order chi connectivity index (χ0) is 64.7. The minimum Gasteiger partial charge on any atom is -0.415 e. The molecule has 0 saturated carbocycles. The Morgan fingerprint density at radius 3 is 1.17 bits per heavy atom. The highest BCUT2D eigenvalue weighted by atomic mass is 32.2. The van der Waals surface area contributed by atoms with Crippen molar-refractivity contribution in [3.63, 3.8) is 0 Å². The summed E-state index contributed by atoms with van der Waals surface area (Å²) in [6, 6.07) is 63.2. The molecular formula is C66H60N8O11S5. The average Bonchev–Trinajstić information content (AvgIpc) is 1.75. The molecule has 0 amide bonds. The second-order valence-corrected chi connectivity index (χ2v) is 28.0. The Kier molecular flexibility index (Phi) is 19.6. The first-order valence-corrected chi connectivity index (χ1v) is 34.2. The summed E-state index contributed by atoms with van der Waals surface area (Å²) in [6.45, 7) is 9.90. The van der Waals surface area contributed by atoms with Crippen molar-refractivity contribution in [3.8, 4) is 77.2 Å². The third-order valence-electron chi connectivity index (χ3n) is 13.9. The molecule has 8 aromatic carbocycles. The minimum absolute atomic E-state index is 0.00831. The number of sulfonamides is 4. The Hall–Kier alpha value is -9.47. The van der Waals surface area contributed by atoms with Crippen LogP contribution in [0.2, 0.25) is 0 Å². The Morgan fingerprint density at radius 2 is 0.733 bits per heavy atom. The maximum Gasteiger partial charge on any atom is 0.424 e. The smallest absolute Gasteiger partial charge is 0.415 e. The van der Waals surface area contributed by atoms with Gasteiger partial charge in [-0.1, -0.05) is 149 Å². The van der Waals surface area contributed by atoms with Crippen LogP contribution in [-0.4, -0.2) is 53.2 Å². The van der Waals surface area contributed by atoms with Gasteiger partial charge in [-0.05, 0) is 142 Å². The van der Waals surface area contributed by atoms with Gasteiger partial charge < -0.3 is 8.94 Å². The lowest BCUT2D eigenvalue weighted by Gasteiger charge is -2.08. The van der Waals surface area contributed by atoms with Crippen molar-refractivity contribution >= 4 is 51.4 Å². The average molecular weight is 1300 g/mol. The number of oxazole rings is 1. The van der Waals surface area contributed by atoms with E-state index in [1.165, 1.54) is 80.9 Å². The molecule has 0 bridgehead atoms. The van der Waals surface area contributed by atoms with Crippen LogP contribution < -0.4 is 26.3 Å². The summed E-state index contributed by atoms with van der Waals surface area (Å²) >= 11 is 1.68. The molecule has 0 unspecified atom stereocenters. The van der Waals surface area contributed by atoms with E-state index >= 15 is 0 Å². The highest BCUT2D eigenvalue weighted by Gasteiger charge is 2.19. The molecule has 460 valence electrons. The molecule has 0 saturated heterocycles. The van der Waals surface area contributed by atoms with Crippen molar-refractivity contribution in [1.82, 2.24) is 19.5 Å².